The van der Waals surface area contributed by atoms with E-state index < -0.39 is 6.09 Å². The van der Waals surface area contributed by atoms with Crippen molar-refractivity contribution < 1.29 is 14.3 Å². The number of ketones is 1. The van der Waals surface area contributed by atoms with Crippen molar-refractivity contribution in [1.82, 2.24) is 5.32 Å². The quantitative estimate of drug-likeness (QED) is 0.776. The minimum atomic E-state index is -0.501. The van der Waals surface area contributed by atoms with E-state index in [1.165, 1.54) is 0 Å². The van der Waals surface area contributed by atoms with Gasteiger partial charge in [0.1, 0.15) is 6.61 Å². The highest BCUT2D eigenvalue weighted by atomic mass is 16.5. The molecule has 1 unspecified atom stereocenters. The predicted molar refractivity (Wildman–Crippen MR) is 93.8 cm³/mol. The molecule has 0 radical (unpaired) electrons. The highest BCUT2D eigenvalue weighted by molar-refractivity contribution is 5.96. The number of rotatable bonds is 7. The molecular formula is C20H23NO3. The van der Waals surface area contributed by atoms with Crippen LogP contribution in [0.3, 0.4) is 0 Å². The maximum absolute atomic E-state index is 12.3. The fraction of sp³-hybridized carbons (Fsp3) is 0.300. The minimum absolute atomic E-state index is 0.0117. The number of carbonyl (C=O) groups excluding carboxylic acids is 2. The second kappa shape index (κ2) is 8.87. The van der Waals surface area contributed by atoms with Crippen LogP contribution < -0.4 is 5.32 Å². The summed E-state index contributed by atoms with van der Waals surface area (Å²) in [4.78, 5) is 24.3. The van der Waals surface area contributed by atoms with Gasteiger partial charge in [0.05, 0.1) is 0 Å². The molecule has 24 heavy (non-hydrogen) atoms. The fourth-order valence-corrected chi connectivity index (χ4v) is 2.31. The first-order valence-corrected chi connectivity index (χ1v) is 8.11. The van der Waals surface area contributed by atoms with Gasteiger partial charge in [-0.3, -0.25) is 4.79 Å². The van der Waals surface area contributed by atoms with Gasteiger partial charge in [-0.1, -0.05) is 74.5 Å². The molecule has 0 saturated carbocycles. The summed E-state index contributed by atoms with van der Waals surface area (Å²) in [6.07, 6.45) is -0.249. The molecule has 0 aliphatic rings. The third-order valence-corrected chi connectivity index (χ3v) is 3.82. The Labute approximate surface area is 142 Å². The third-order valence-electron chi connectivity index (χ3n) is 3.82. The molecule has 1 atom stereocenters. The highest BCUT2D eigenvalue weighted by Gasteiger charge is 2.21. The summed E-state index contributed by atoms with van der Waals surface area (Å²) >= 11 is 0. The number of amides is 1. The number of benzene rings is 2. The maximum Gasteiger partial charge on any atom is 0.407 e. The van der Waals surface area contributed by atoms with Crippen molar-refractivity contribution in [1.29, 1.82) is 0 Å². The Morgan fingerprint density at radius 3 is 2.12 bits per heavy atom. The van der Waals surface area contributed by atoms with Gasteiger partial charge in [0.25, 0.3) is 0 Å². The summed E-state index contributed by atoms with van der Waals surface area (Å²) in [5.74, 6) is 0.139. The van der Waals surface area contributed by atoms with Gasteiger partial charge in [-0.05, 0) is 11.5 Å². The molecule has 0 saturated heterocycles. The molecule has 1 amide bonds. The Kier molecular flexibility index (Phi) is 6.55. The van der Waals surface area contributed by atoms with Gasteiger partial charge >= 0.3 is 6.09 Å². The van der Waals surface area contributed by atoms with Crippen molar-refractivity contribution in [2.45, 2.75) is 32.9 Å². The van der Waals surface area contributed by atoms with Gasteiger partial charge in [0, 0.05) is 18.0 Å². The van der Waals surface area contributed by atoms with E-state index in [0.29, 0.717) is 5.56 Å². The van der Waals surface area contributed by atoms with Gasteiger partial charge in [-0.2, -0.15) is 0 Å². The number of carbonyl (C=O) groups is 2. The number of alkyl carbamates (subject to hydrolysis) is 1. The Morgan fingerprint density at radius 1 is 0.958 bits per heavy atom. The smallest absolute Gasteiger partial charge is 0.407 e. The molecule has 4 heteroatoms. The monoisotopic (exact) mass is 325 g/mol. The van der Waals surface area contributed by atoms with Crippen molar-refractivity contribution in [3.05, 3.63) is 71.8 Å². The molecule has 2 rings (SSSR count). The Bertz CT molecular complexity index is 653. The summed E-state index contributed by atoms with van der Waals surface area (Å²) < 4.78 is 5.23. The van der Waals surface area contributed by atoms with Gasteiger partial charge in [0.15, 0.2) is 5.78 Å². The number of ether oxygens (including phenoxy) is 1. The predicted octanol–water partition coefficient (Wildman–Crippen LogP) is 4.21. The summed E-state index contributed by atoms with van der Waals surface area (Å²) in [6.45, 7) is 4.16. The van der Waals surface area contributed by atoms with Gasteiger partial charge < -0.3 is 10.1 Å². The summed E-state index contributed by atoms with van der Waals surface area (Å²) in [7, 11) is 0. The number of hydrogen-bond acceptors (Lipinski definition) is 3. The lowest BCUT2D eigenvalue weighted by molar-refractivity contribution is 0.0951. The lowest BCUT2D eigenvalue weighted by atomic mass is 9.96. The van der Waals surface area contributed by atoms with Crippen LogP contribution in [0, 0.1) is 5.92 Å². The minimum Gasteiger partial charge on any atom is -0.445 e. The molecule has 0 aliphatic carbocycles. The molecule has 4 nitrogen and oxygen atoms in total. The van der Waals surface area contributed by atoms with Crippen LogP contribution in [0.5, 0.6) is 0 Å². The van der Waals surface area contributed by atoms with Crippen molar-refractivity contribution in [2.24, 2.45) is 5.92 Å². The molecule has 0 spiro atoms. The molecule has 0 aromatic heterocycles. The number of Topliss-reactive ketones (excluding diaryl/α,β-unsaturated/α-hetero) is 1. The van der Waals surface area contributed by atoms with Crippen molar-refractivity contribution in [2.75, 3.05) is 0 Å². The second-order valence-corrected chi connectivity index (χ2v) is 6.05. The second-order valence-electron chi connectivity index (χ2n) is 6.05. The number of nitrogens with one attached hydrogen (secondary N) is 1. The lowest BCUT2D eigenvalue weighted by Gasteiger charge is -2.21. The Hall–Kier alpha value is -2.62. The molecule has 2 aromatic rings. The molecular weight excluding hydrogens is 302 g/mol. The Morgan fingerprint density at radius 2 is 1.54 bits per heavy atom. The van der Waals surface area contributed by atoms with E-state index in [-0.39, 0.29) is 30.8 Å². The van der Waals surface area contributed by atoms with E-state index in [0.717, 1.165) is 5.56 Å². The van der Waals surface area contributed by atoms with Crippen LogP contribution in [0.4, 0.5) is 4.79 Å². The van der Waals surface area contributed by atoms with Crippen molar-refractivity contribution in [3.8, 4) is 0 Å². The van der Waals surface area contributed by atoms with Crippen molar-refractivity contribution >= 4 is 11.9 Å². The average molecular weight is 325 g/mol. The Balaban J connectivity index is 1.88. The molecule has 0 fully saturated rings. The first-order chi connectivity index (χ1) is 11.6. The molecule has 1 N–H and O–H groups in total. The largest absolute Gasteiger partial charge is 0.445 e. The van der Waals surface area contributed by atoms with Crippen LogP contribution in [0.2, 0.25) is 0 Å². The molecule has 0 aliphatic heterocycles. The molecule has 126 valence electrons. The standard InChI is InChI=1S/C20H23NO3/c1-15(2)18(13-19(22)17-11-7-4-8-12-17)21-20(23)24-14-16-9-5-3-6-10-16/h3-12,15,18H,13-14H2,1-2H3,(H,21,23). The summed E-state index contributed by atoms with van der Waals surface area (Å²) in [5.41, 5.74) is 1.58. The van der Waals surface area contributed by atoms with Crippen LogP contribution in [0.1, 0.15) is 36.2 Å². The van der Waals surface area contributed by atoms with Gasteiger partial charge in [-0.15, -0.1) is 0 Å². The van der Waals surface area contributed by atoms with E-state index in [1.807, 2.05) is 62.4 Å². The topological polar surface area (TPSA) is 55.4 Å². The summed E-state index contributed by atoms with van der Waals surface area (Å²) in [6, 6.07) is 18.3. The SMILES string of the molecule is CC(C)C(CC(=O)c1ccccc1)NC(=O)OCc1ccccc1. The average Bonchev–Trinajstić information content (AvgIpc) is 2.61. The highest BCUT2D eigenvalue weighted by Crippen LogP contribution is 2.12. The maximum atomic E-state index is 12.3. The summed E-state index contributed by atoms with van der Waals surface area (Å²) in [5, 5.41) is 2.81. The van der Waals surface area contributed by atoms with Crippen LogP contribution in [0.15, 0.2) is 60.7 Å². The first kappa shape index (κ1) is 17.7. The third kappa shape index (κ3) is 5.54. The van der Waals surface area contributed by atoms with E-state index >= 15 is 0 Å². The van der Waals surface area contributed by atoms with Crippen LogP contribution in [-0.2, 0) is 11.3 Å². The van der Waals surface area contributed by atoms with Gasteiger partial charge in [-0.25, -0.2) is 4.79 Å². The molecule has 0 bridgehead atoms. The number of hydrogen-bond donors (Lipinski definition) is 1. The fourth-order valence-electron chi connectivity index (χ4n) is 2.31. The van der Waals surface area contributed by atoms with Gasteiger partial charge in [0.2, 0.25) is 0 Å². The van der Waals surface area contributed by atoms with Crippen LogP contribution in [0.25, 0.3) is 0 Å². The van der Waals surface area contributed by atoms with E-state index in [1.54, 1.807) is 12.1 Å². The van der Waals surface area contributed by atoms with Crippen LogP contribution in [-0.4, -0.2) is 17.9 Å². The van der Waals surface area contributed by atoms with E-state index in [4.69, 9.17) is 4.74 Å². The zero-order valence-electron chi connectivity index (χ0n) is 14.1. The van der Waals surface area contributed by atoms with Crippen LogP contribution >= 0.6 is 0 Å². The zero-order chi connectivity index (χ0) is 17.4. The molecule has 2 aromatic carbocycles. The van der Waals surface area contributed by atoms with E-state index in [9.17, 15) is 9.59 Å². The normalized spacial score (nSPS) is 11.8. The first-order valence-electron chi connectivity index (χ1n) is 8.11. The lowest BCUT2D eigenvalue weighted by Crippen LogP contribution is -2.40. The molecule has 0 heterocycles. The van der Waals surface area contributed by atoms with Crippen molar-refractivity contribution in [3.63, 3.8) is 0 Å². The zero-order valence-corrected chi connectivity index (χ0v) is 14.1. The van der Waals surface area contributed by atoms with E-state index in [2.05, 4.69) is 5.32 Å².